The lowest BCUT2D eigenvalue weighted by Gasteiger charge is -2.26. The van der Waals surface area contributed by atoms with Crippen molar-refractivity contribution in [3.63, 3.8) is 0 Å². The Morgan fingerprint density at radius 3 is 2.67 bits per heavy atom. The summed E-state index contributed by atoms with van der Waals surface area (Å²) in [6.45, 7) is 4.13. The summed E-state index contributed by atoms with van der Waals surface area (Å²) in [7, 11) is 0. The highest BCUT2D eigenvalue weighted by Gasteiger charge is 2.25. The zero-order chi connectivity index (χ0) is 18.5. The van der Waals surface area contributed by atoms with E-state index in [4.69, 9.17) is 13.9 Å². The summed E-state index contributed by atoms with van der Waals surface area (Å²) in [6, 6.07) is 9.46. The molecule has 1 saturated heterocycles. The lowest BCUT2D eigenvalue weighted by molar-refractivity contribution is 0.171. The van der Waals surface area contributed by atoms with E-state index in [1.165, 1.54) is 12.8 Å². The Kier molecular flexibility index (Phi) is 5.48. The summed E-state index contributed by atoms with van der Waals surface area (Å²) >= 11 is 0. The van der Waals surface area contributed by atoms with Crippen LogP contribution in [0.15, 0.2) is 41.0 Å². The molecule has 1 atom stereocenters. The minimum Gasteiger partial charge on any atom is -0.486 e. The molecular weight excluding hydrogens is 346 g/mol. The Bertz CT molecular complexity index is 757. The molecule has 27 heavy (non-hydrogen) atoms. The van der Waals surface area contributed by atoms with Gasteiger partial charge in [0.15, 0.2) is 11.5 Å². The number of furan rings is 1. The van der Waals surface area contributed by atoms with Crippen LogP contribution in [0.3, 0.4) is 0 Å². The first-order valence-electron chi connectivity index (χ1n) is 9.47. The highest BCUT2D eigenvalue weighted by Crippen LogP contribution is 2.30. The molecule has 4 rings (SSSR count). The maximum Gasteiger partial charge on any atom is 0.315 e. The Labute approximate surface area is 158 Å². The molecular formula is C20H25N3O4. The Morgan fingerprint density at radius 1 is 1.07 bits per heavy atom. The molecule has 7 heteroatoms. The van der Waals surface area contributed by atoms with Crippen molar-refractivity contribution in [1.29, 1.82) is 0 Å². The van der Waals surface area contributed by atoms with Gasteiger partial charge in [-0.25, -0.2) is 4.79 Å². The van der Waals surface area contributed by atoms with E-state index in [1.54, 1.807) is 6.26 Å². The van der Waals surface area contributed by atoms with Crippen LogP contribution in [0.5, 0.6) is 11.5 Å². The molecule has 0 radical (unpaired) electrons. The quantitative estimate of drug-likeness (QED) is 0.817. The number of amides is 2. The van der Waals surface area contributed by atoms with E-state index in [0.29, 0.717) is 26.3 Å². The zero-order valence-electron chi connectivity index (χ0n) is 15.3. The van der Waals surface area contributed by atoms with E-state index in [1.807, 2.05) is 30.3 Å². The number of hydrogen-bond donors (Lipinski definition) is 2. The van der Waals surface area contributed by atoms with E-state index in [2.05, 4.69) is 15.5 Å². The predicted molar refractivity (Wildman–Crippen MR) is 99.9 cm³/mol. The molecule has 2 aromatic rings. The van der Waals surface area contributed by atoms with Crippen LogP contribution < -0.4 is 20.1 Å². The van der Waals surface area contributed by atoms with Gasteiger partial charge >= 0.3 is 6.03 Å². The van der Waals surface area contributed by atoms with Crippen LogP contribution in [0.2, 0.25) is 0 Å². The van der Waals surface area contributed by atoms with Gasteiger partial charge < -0.3 is 24.5 Å². The van der Waals surface area contributed by atoms with Gasteiger partial charge in [0.2, 0.25) is 0 Å². The van der Waals surface area contributed by atoms with Gasteiger partial charge in [-0.1, -0.05) is 6.07 Å². The van der Waals surface area contributed by atoms with E-state index >= 15 is 0 Å². The minimum absolute atomic E-state index is 0.0718. The molecule has 2 amide bonds. The third-order valence-electron chi connectivity index (χ3n) is 4.97. The molecule has 2 aliphatic rings. The summed E-state index contributed by atoms with van der Waals surface area (Å²) < 4.78 is 16.7. The topological polar surface area (TPSA) is 76.0 Å². The molecule has 1 unspecified atom stereocenters. The van der Waals surface area contributed by atoms with Crippen LogP contribution in [0, 0.1) is 0 Å². The monoisotopic (exact) mass is 371 g/mol. The van der Waals surface area contributed by atoms with Crippen molar-refractivity contribution in [3.8, 4) is 11.5 Å². The number of likely N-dealkylation sites (tertiary alicyclic amines) is 1. The average molecular weight is 371 g/mol. The second-order valence-electron chi connectivity index (χ2n) is 6.82. The number of benzene rings is 1. The number of ether oxygens (including phenoxy) is 2. The molecule has 0 saturated carbocycles. The van der Waals surface area contributed by atoms with E-state index in [-0.39, 0.29) is 12.1 Å². The van der Waals surface area contributed by atoms with Gasteiger partial charge in [-0.2, -0.15) is 0 Å². The molecule has 1 aromatic carbocycles. The Morgan fingerprint density at radius 2 is 1.89 bits per heavy atom. The van der Waals surface area contributed by atoms with Crippen LogP contribution in [0.25, 0.3) is 0 Å². The molecule has 7 nitrogen and oxygen atoms in total. The molecule has 144 valence electrons. The highest BCUT2D eigenvalue weighted by atomic mass is 16.6. The maximum absolute atomic E-state index is 12.3. The van der Waals surface area contributed by atoms with Crippen LogP contribution in [0.1, 0.15) is 30.2 Å². The second-order valence-corrected chi connectivity index (χ2v) is 6.82. The summed E-state index contributed by atoms with van der Waals surface area (Å²) in [4.78, 5) is 14.6. The third kappa shape index (κ3) is 4.36. The zero-order valence-corrected chi connectivity index (χ0v) is 15.3. The van der Waals surface area contributed by atoms with Crippen LogP contribution in [-0.2, 0) is 6.54 Å². The van der Waals surface area contributed by atoms with Crippen molar-refractivity contribution in [2.75, 3.05) is 32.8 Å². The SMILES string of the molecule is O=C(NCc1ccc2c(c1)OCCO2)NCC(c1ccco1)N1CCCC1. The fourth-order valence-electron chi connectivity index (χ4n) is 3.58. The van der Waals surface area contributed by atoms with Gasteiger partial charge in [-0.15, -0.1) is 0 Å². The number of nitrogens with one attached hydrogen (secondary N) is 2. The third-order valence-corrected chi connectivity index (χ3v) is 4.97. The lowest BCUT2D eigenvalue weighted by Crippen LogP contribution is -2.41. The van der Waals surface area contributed by atoms with Crippen molar-refractivity contribution in [1.82, 2.24) is 15.5 Å². The highest BCUT2D eigenvalue weighted by molar-refractivity contribution is 5.73. The first kappa shape index (κ1) is 17.7. The fraction of sp³-hybridized carbons (Fsp3) is 0.450. The number of carbonyl (C=O) groups is 1. The molecule has 1 fully saturated rings. The fourth-order valence-corrected chi connectivity index (χ4v) is 3.58. The molecule has 1 aromatic heterocycles. The maximum atomic E-state index is 12.3. The van der Waals surface area contributed by atoms with Crippen LogP contribution in [-0.4, -0.2) is 43.8 Å². The molecule has 2 aliphatic heterocycles. The molecule has 0 bridgehead atoms. The molecule has 0 aliphatic carbocycles. The summed E-state index contributed by atoms with van der Waals surface area (Å²) in [5, 5.41) is 5.87. The van der Waals surface area contributed by atoms with Gasteiger partial charge in [0, 0.05) is 13.1 Å². The number of hydrogen-bond acceptors (Lipinski definition) is 5. The first-order valence-corrected chi connectivity index (χ1v) is 9.47. The summed E-state index contributed by atoms with van der Waals surface area (Å²) in [5.74, 6) is 2.37. The van der Waals surface area contributed by atoms with Crippen molar-refractivity contribution in [2.24, 2.45) is 0 Å². The van der Waals surface area contributed by atoms with Gasteiger partial charge in [-0.05, 0) is 55.8 Å². The first-order chi connectivity index (χ1) is 13.3. The second kappa shape index (κ2) is 8.35. The summed E-state index contributed by atoms with van der Waals surface area (Å²) in [6.07, 6.45) is 4.06. The van der Waals surface area contributed by atoms with E-state index < -0.39 is 0 Å². The summed E-state index contributed by atoms with van der Waals surface area (Å²) in [5.41, 5.74) is 0.969. The van der Waals surface area contributed by atoms with Gasteiger partial charge in [0.1, 0.15) is 19.0 Å². The lowest BCUT2D eigenvalue weighted by atomic mass is 10.2. The number of nitrogens with zero attached hydrogens (tertiary/aromatic N) is 1. The number of urea groups is 1. The van der Waals surface area contributed by atoms with Crippen LogP contribution >= 0.6 is 0 Å². The van der Waals surface area contributed by atoms with E-state index in [9.17, 15) is 4.79 Å². The van der Waals surface area contributed by atoms with Crippen molar-refractivity contribution >= 4 is 6.03 Å². The van der Waals surface area contributed by atoms with Crippen molar-refractivity contribution in [3.05, 3.63) is 47.9 Å². The Balaban J connectivity index is 1.29. The average Bonchev–Trinajstić information content (AvgIpc) is 3.41. The van der Waals surface area contributed by atoms with Crippen molar-refractivity contribution < 1.29 is 18.7 Å². The smallest absolute Gasteiger partial charge is 0.315 e. The van der Waals surface area contributed by atoms with Gasteiger partial charge in [0.25, 0.3) is 0 Å². The largest absolute Gasteiger partial charge is 0.486 e. The Hall–Kier alpha value is -2.67. The molecule has 0 spiro atoms. The molecule has 2 N–H and O–H groups in total. The standard InChI is InChI=1S/C20H25N3O4/c24-20(21-13-15-5-6-18-19(12-15)27-11-10-26-18)22-14-16(17-4-3-9-25-17)23-7-1-2-8-23/h3-6,9,12,16H,1-2,7-8,10-11,13-14H2,(H2,21,22,24). The van der Waals surface area contributed by atoms with Gasteiger partial charge in [-0.3, -0.25) is 4.90 Å². The van der Waals surface area contributed by atoms with E-state index in [0.717, 1.165) is 35.9 Å². The van der Waals surface area contributed by atoms with Crippen molar-refractivity contribution in [2.45, 2.75) is 25.4 Å². The molecule has 3 heterocycles. The number of rotatable bonds is 6. The predicted octanol–water partition coefficient (Wildman–Crippen LogP) is 2.69. The number of carbonyl (C=O) groups excluding carboxylic acids is 1. The minimum atomic E-state index is -0.194. The van der Waals surface area contributed by atoms with Crippen LogP contribution in [0.4, 0.5) is 4.79 Å². The number of fused-ring (bicyclic) bond motifs is 1. The van der Waals surface area contributed by atoms with Gasteiger partial charge in [0.05, 0.1) is 12.3 Å². The normalized spacial score (nSPS) is 17.5.